The fourth-order valence-electron chi connectivity index (χ4n) is 1.32. The van der Waals surface area contributed by atoms with Gasteiger partial charge in [0.05, 0.1) is 0 Å². The average molecular weight is 222 g/mol. The maximum Gasteiger partial charge on any atom is 0.293 e. The summed E-state index contributed by atoms with van der Waals surface area (Å²) in [5.41, 5.74) is 5.23. The van der Waals surface area contributed by atoms with Crippen LogP contribution < -0.4 is 16.6 Å². The molecule has 0 radical (unpaired) electrons. The first-order valence-electron chi connectivity index (χ1n) is 5.44. The van der Waals surface area contributed by atoms with Crippen LogP contribution in [-0.2, 0) is 6.54 Å². The highest BCUT2D eigenvalue weighted by Crippen LogP contribution is 1.93. The molecule has 0 atom stereocenters. The van der Waals surface area contributed by atoms with Gasteiger partial charge in [-0.1, -0.05) is 19.1 Å². The lowest BCUT2D eigenvalue weighted by molar-refractivity contribution is 0.650. The van der Waals surface area contributed by atoms with E-state index >= 15 is 0 Å². The lowest BCUT2D eigenvalue weighted by Crippen LogP contribution is -2.24. The first kappa shape index (κ1) is 12.4. The molecule has 0 aliphatic rings. The number of rotatable bonds is 6. The van der Waals surface area contributed by atoms with Crippen molar-refractivity contribution in [2.75, 3.05) is 18.4 Å². The number of hydrogen-bond donors (Lipinski definition) is 2. The molecule has 0 spiro atoms. The smallest absolute Gasteiger partial charge is 0.293 e. The monoisotopic (exact) mass is 222 g/mol. The minimum Gasteiger partial charge on any atom is -0.362 e. The quantitative estimate of drug-likeness (QED) is 0.691. The van der Waals surface area contributed by atoms with E-state index in [-0.39, 0.29) is 5.56 Å². The van der Waals surface area contributed by atoms with Gasteiger partial charge in [-0.3, -0.25) is 4.79 Å². The van der Waals surface area contributed by atoms with Gasteiger partial charge in [0.2, 0.25) is 0 Å². The van der Waals surface area contributed by atoms with Crippen LogP contribution >= 0.6 is 0 Å². The first-order chi connectivity index (χ1) is 7.79. The van der Waals surface area contributed by atoms with E-state index in [1.54, 1.807) is 17.0 Å². The predicted octanol–water partition coefficient (Wildman–Crippen LogP) is 0.580. The zero-order valence-corrected chi connectivity index (χ0v) is 9.52. The molecule has 5 heteroatoms. The molecule has 0 unspecified atom stereocenters. The minimum atomic E-state index is -0.0782. The fourth-order valence-corrected chi connectivity index (χ4v) is 1.32. The van der Waals surface area contributed by atoms with Crippen molar-refractivity contribution in [3.63, 3.8) is 0 Å². The Bertz CT molecular complexity index is 397. The van der Waals surface area contributed by atoms with E-state index in [1.807, 2.05) is 19.1 Å². The molecule has 88 valence electrons. The minimum absolute atomic E-state index is 0.0782. The number of nitrogens with one attached hydrogen (secondary N) is 1. The molecule has 0 bridgehead atoms. The van der Waals surface area contributed by atoms with E-state index in [4.69, 9.17) is 5.73 Å². The number of nitrogens with two attached hydrogens (primary N) is 1. The van der Waals surface area contributed by atoms with Gasteiger partial charge in [-0.2, -0.15) is 0 Å². The number of aryl methyl sites for hydroxylation is 1. The summed E-state index contributed by atoms with van der Waals surface area (Å²) in [6, 6.07) is 0. The van der Waals surface area contributed by atoms with Gasteiger partial charge in [-0.15, -0.1) is 0 Å². The summed E-state index contributed by atoms with van der Waals surface area (Å²) in [7, 11) is 0. The lowest BCUT2D eigenvalue weighted by atomic mass is 10.4. The molecule has 3 N–H and O–H groups in total. The van der Waals surface area contributed by atoms with Crippen LogP contribution in [0.4, 0.5) is 5.82 Å². The predicted molar refractivity (Wildman–Crippen MR) is 65.5 cm³/mol. The third kappa shape index (κ3) is 3.51. The highest BCUT2D eigenvalue weighted by molar-refractivity contribution is 5.31. The van der Waals surface area contributed by atoms with Crippen LogP contribution in [0, 0.1) is 0 Å². The normalized spacial score (nSPS) is 10.9. The van der Waals surface area contributed by atoms with E-state index < -0.39 is 0 Å². The summed E-state index contributed by atoms with van der Waals surface area (Å²) < 4.78 is 1.65. The van der Waals surface area contributed by atoms with Crippen molar-refractivity contribution in [3.8, 4) is 0 Å². The Kier molecular flexibility index (Phi) is 5.28. The van der Waals surface area contributed by atoms with Crippen LogP contribution in [0.25, 0.3) is 0 Å². The zero-order chi connectivity index (χ0) is 11.8. The molecule has 1 aromatic heterocycles. The maximum absolute atomic E-state index is 11.8. The summed E-state index contributed by atoms with van der Waals surface area (Å²) in [5.74, 6) is 0.387. The van der Waals surface area contributed by atoms with Gasteiger partial charge in [0.25, 0.3) is 5.56 Å². The molecular weight excluding hydrogens is 204 g/mol. The molecule has 0 aliphatic carbocycles. The van der Waals surface area contributed by atoms with Crippen molar-refractivity contribution in [1.82, 2.24) is 9.55 Å². The summed E-state index contributed by atoms with van der Waals surface area (Å²) in [6.45, 7) is 3.82. The van der Waals surface area contributed by atoms with Gasteiger partial charge in [0.1, 0.15) is 0 Å². The molecule has 0 saturated carbocycles. The Morgan fingerprint density at radius 3 is 3.06 bits per heavy atom. The third-order valence-corrected chi connectivity index (χ3v) is 2.07. The van der Waals surface area contributed by atoms with E-state index in [1.165, 1.54) is 0 Å². The Morgan fingerprint density at radius 1 is 1.56 bits per heavy atom. The van der Waals surface area contributed by atoms with Gasteiger partial charge in [-0.05, 0) is 6.42 Å². The Morgan fingerprint density at radius 2 is 2.38 bits per heavy atom. The summed E-state index contributed by atoms with van der Waals surface area (Å²) in [4.78, 5) is 15.8. The highest BCUT2D eigenvalue weighted by Gasteiger charge is 2.01. The number of anilines is 1. The Labute approximate surface area is 95.0 Å². The Balaban J connectivity index is 2.69. The van der Waals surface area contributed by atoms with Gasteiger partial charge >= 0.3 is 0 Å². The van der Waals surface area contributed by atoms with Crippen molar-refractivity contribution in [3.05, 3.63) is 34.9 Å². The average Bonchev–Trinajstić information content (AvgIpc) is 2.29. The van der Waals surface area contributed by atoms with Crippen LogP contribution in [0.15, 0.2) is 29.3 Å². The van der Waals surface area contributed by atoms with Gasteiger partial charge in [0, 0.05) is 32.0 Å². The van der Waals surface area contributed by atoms with E-state index in [9.17, 15) is 4.79 Å². The van der Waals surface area contributed by atoms with Crippen molar-refractivity contribution >= 4 is 5.82 Å². The molecule has 0 aromatic carbocycles. The molecule has 0 saturated heterocycles. The highest BCUT2D eigenvalue weighted by atomic mass is 16.1. The van der Waals surface area contributed by atoms with Crippen LogP contribution in [0.2, 0.25) is 0 Å². The number of nitrogens with zero attached hydrogens (tertiary/aromatic N) is 2. The second-order valence-corrected chi connectivity index (χ2v) is 3.36. The molecule has 5 nitrogen and oxygen atoms in total. The topological polar surface area (TPSA) is 72.9 Å². The van der Waals surface area contributed by atoms with E-state index in [2.05, 4.69) is 10.3 Å². The van der Waals surface area contributed by atoms with Crippen molar-refractivity contribution in [2.45, 2.75) is 19.9 Å². The molecule has 0 aliphatic heterocycles. The molecule has 16 heavy (non-hydrogen) atoms. The van der Waals surface area contributed by atoms with Crippen LogP contribution in [0.5, 0.6) is 0 Å². The first-order valence-corrected chi connectivity index (χ1v) is 5.44. The van der Waals surface area contributed by atoms with Gasteiger partial charge in [0.15, 0.2) is 5.82 Å². The van der Waals surface area contributed by atoms with Gasteiger partial charge in [-0.25, -0.2) is 4.98 Å². The molecule has 1 heterocycles. The maximum atomic E-state index is 11.8. The zero-order valence-electron chi connectivity index (χ0n) is 9.52. The molecular formula is C11H18N4O. The van der Waals surface area contributed by atoms with E-state index in [0.29, 0.717) is 25.5 Å². The second-order valence-electron chi connectivity index (χ2n) is 3.36. The number of hydrogen-bond acceptors (Lipinski definition) is 4. The van der Waals surface area contributed by atoms with Crippen LogP contribution in [0.3, 0.4) is 0 Å². The molecule has 0 fully saturated rings. The fraction of sp³-hybridized carbons (Fsp3) is 0.455. The van der Waals surface area contributed by atoms with Crippen LogP contribution in [-0.4, -0.2) is 22.6 Å². The Hall–Kier alpha value is -1.62. The molecule has 0 amide bonds. The number of aromatic nitrogens is 2. The largest absolute Gasteiger partial charge is 0.362 e. The third-order valence-electron chi connectivity index (χ3n) is 2.07. The summed E-state index contributed by atoms with van der Waals surface area (Å²) in [6.07, 6.45) is 7.97. The van der Waals surface area contributed by atoms with E-state index in [0.717, 1.165) is 6.42 Å². The lowest BCUT2D eigenvalue weighted by Gasteiger charge is -2.06. The standard InChI is InChI=1S/C11H18N4O/c1-2-8-15-9-7-14-10(11(15)16)13-6-4-3-5-12/h3-4,7,9H,2,5-6,8,12H2,1H3,(H,13,14)/b4-3+. The van der Waals surface area contributed by atoms with Crippen molar-refractivity contribution in [2.24, 2.45) is 5.73 Å². The molecule has 1 rings (SSSR count). The SMILES string of the molecule is CCCn1ccnc(NC/C=C/CN)c1=O. The van der Waals surface area contributed by atoms with Crippen molar-refractivity contribution < 1.29 is 0 Å². The second kappa shape index (κ2) is 6.79. The molecule has 1 aromatic rings. The summed E-state index contributed by atoms with van der Waals surface area (Å²) >= 11 is 0. The van der Waals surface area contributed by atoms with Crippen LogP contribution in [0.1, 0.15) is 13.3 Å². The summed E-state index contributed by atoms with van der Waals surface area (Å²) in [5, 5.41) is 2.96. The van der Waals surface area contributed by atoms with Gasteiger partial charge < -0.3 is 15.6 Å². The van der Waals surface area contributed by atoms with Crippen molar-refractivity contribution in [1.29, 1.82) is 0 Å².